The summed E-state index contributed by atoms with van der Waals surface area (Å²) in [6, 6.07) is 7.44. The number of nitrogens with one attached hydrogen (secondary N) is 1. The maximum atomic E-state index is 11.7. The molecule has 0 saturated heterocycles. The van der Waals surface area contributed by atoms with Crippen LogP contribution in [0.25, 0.3) is 11.4 Å². The summed E-state index contributed by atoms with van der Waals surface area (Å²) in [4.78, 5) is 16.1. The average molecular weight is 332 g/mol. The van der Waals surface area contributed by atoms with Crippen molar-refractivity contribution in [1.82, 2.24) is 15.5 Å². The highest BCUT2D eigenvalue weighted by Gasteiger charge is 2.10. The summed E-state index contributed by atoms with van der Waals surface area (Å²) >= 11 is 0. The molecule has 1 heterocycles. The first-order valence-electron chi connectivity index (χ1n) is 8.06. The van der Waals surface area contributed by atoms with E-state index in [0.717, 1.165) is 11.3 Å². The number of amides is 1. The van der Waals surface area contributed by atoms with Gasteiger partial charge in [-0.25, -0.2) is 0 Å². The van der Waals surface area contributed by atoms with Crippen molar-refractivity contribution in [3.63, 3.8) is 0 Å². The van der Waals surface area contributed by atoms with Crippen molar-refractivity contribution in [3.8, 4) is 17.1 Å². The Balaban J connectivity index is 1.78. The second kappa shape index (κ2) is 9.02. The smallest absolute Gasteiger partial charge is 0.226 e. The van der Waals surface area contributed by atoms with Crippen LogP contribution in [0.15, 0.2) is 28.8 Å². The van der Waals surface area contributed by atoms with Gasteiger partial charge in [-0.05, 0) is 43.1 Å². The second-order valence-corrected chi connectivity index (χ2v) is 5.74. The van der Waals surface area contributed by atoms with Crippen LogP contribution < -0.4 is 15.8 Å². The van der Waals surface area contributed by atoms with Gasteiger partial charge in [0, 0.05) is 24.9 Å². The van der Waals surface area contributed by atoms with Gasteiger partial charge in [0.2, 0.25) is 17.6 Å². The highest BCUT2D eigenvalue weighted by atomic mass is 16.5. The Kier molecular flexibility index (Phi) is 6.74. The fraction of sp³-hybridized carbons (Fsp3) is 0.471. The predicted molar refractivity (Wildman–Crippen MR) is 90.5 cm³/mol. The monoisotopic (exact) mass is 332 g/mol. The fourth-order valence-electron chi connectivity index (χ4n) is 2.07. The Labute approximate surface area is 141 Å². The molecule has 7 nitrogen and oxygen atoms in total. The molecule has 1 unspecified atom stereocenters. The van der Waals surface area contributed by atoms with Gasteiger partial charge in [0.1, 0.15) is 5.75 Å². The Hall–Kier alpha value is -2.41. The van der Waals surface area contributed by atoms with Gasteiger partial charge >= 0.3 is 0 Å². The Morgan fingerprint density at radius 2 is 2.12 bits per heavy atom. The van der Waals surface area contributed by atoms with Crippen molar-refractivity contribution in [2.45, 2.75) is 26.2 Å². The molecule has 0 fully saturated rings. The molecule has 0 aliphatic carbocycles. The van der Waals surface area contributed by atoms with E-state index in [-0.39, 0.29) is 11.8 Å². The van der Waals surface area contributed by atoms with Crippen LogP contribution in [-0.2, 0) is 11.2 Å². The van der Waals surface area contributed by atoms with Crippen molar-refractivity contribution in [3.05, 3.63) is 30.2 Å². The van der Waals surface area contributed by atoms with E-state index < -0.39 is 0 Å². The lowest BCUT2D eigenvalue weighted by molar-refractivity contribution is -0.121. The zero-order chi connectivity index (χ0) is 17.4. The third-order valence-electron chi connectivity index (χ3n) is 3.66. The lowest BCUT2D eigenvalue weighted by Gasteiger charge is -2.09. The molecule has 7 heteroatoms. The topological polar surface area (TPSA) is 103 Å². The molecule has 2 rings (SSSR count). The van der Waals surface area contributed by atoms with Crippen molar-refractivity contribution in [2.24, 2.45) is 11.7 Å². The van der Waals surface area contributed by atoms with Gasteiger partial charge in [-0.3, -0.25) is 4.79 Å². The van der Waals surface area contributed by atoms with Gasteiger partial charge in [-0.15, -0.1) is 0 Å². The van der Waals surface area contributed by atoms with E-state index in [9.17, 15) is 4.79 Å². The summed E-state index contributed by atoms with van der Waals surface area (Å²) in [7, 11) is 1.62. The van der Waals surface area contributed by atoms with Crippen molar-refractivity contribution in [2.75, 3.05) is 20.2 Å². The van der Waals surface area contributed by atoms with Crippen LogP contribution in [0, 0.1) is 5.92 Å². The van der Waals surface area contributed by atoms with Crippen LogP contribution in [0.1, 0.15) is 25.7 Å². The summed E-state index contributed by atoms with van der Waals surface area (Å²) in [5, 5.41) is 6.83. The van der Waals surface area contributed by atoms with E-state index in [1.54, 1.807) is 7.11 Å². The van der Waals surface area contributed by atoms with Gasteiger partial charge in [-0.2, -0.15) is 4.98 Å². The summed E-state index contributed by atoms with van der Waals surface area (Å²) in [5.74, 6) is 2.15. The first kappa shape index (κ1) is 17.9. The number of rotatable bonds is 9. The summed E-state index contributed by atoms with van der Waals surface area (Å²) in [6.07, 6.45) is 1.66. The van der Waals surface area contributed by atoms with Crippen LogP contribution in [0.3, 0.4) is 0 Å². The van der Waals surface area contributed by atoms with Gasteiger partial charge in [-0.1, -0.05) is 12.1 Å². The Morgan fingerprint density at radius 3 is 2.79 bits per heavy atom. The molecular weight excluding hydrogens is 308 g/mol. The normalized spacial score (nSPS) is 12.0. The van der Waals surface area contributed by atoms with E-state index in [4.69, 9.17) is 15.0 Å². The molecule has 1 amide bonds. The summed E-state index contributed by atoms with van der Waals surface area (Å²) < 4.78 is 10.4. The fourth-order valence-corrected chi connectivity index (χ4v) is 2.07. The molecule has 0 aliphatic heterocycles. The number of benzene rings is 1. The SMILES string of the molecule is COc1ccc(-c2noc(CCCC(=O)NCC(C)CN)n2)cc1. The van der Waals surface area contributed by atoms with Gasteiger partial charge in [0.05, 0.1) is 7.11 Å². The Morgan fingerprint density at radius 1 is 1.38 bits per heavy atom. The number of hydrogen-bond donors (Lipinski definition) is 2. The molecule has 3 N–H and O–H groups in total. The minimum atomic E-state index is 0.0187. The minimum Gasteiger partial charge on any atom is -0.497 e. The lowest BCUT2D eigenvalue weighted by atomic mass is 10.2. The standard InChI is InChI=1S/C17H24N4O3/c1-12(10-18)11-19-15(22)4-3-5-16-20-17(21-24-16)13-6-8-14(23-2)9-7-13/h6-9,12H,3-5,10-11,18H2,1-2H3,(H,19,22). The molecule has 0 bridgehead atoms. The predicted octanol–water partition coefficient (Wildman–Crippen LogP) is 1.78. The zero-order valence-corrected chi connectivity index (χ0v) is 14.1. The van der Waals surface area contributed by atoms with Crippen molar-refractivity contribution < 1.29 is 14.1 Å². The molecule has 2 aromatic rings. The number of nitrogens with two attached hydrogens (primary N) is 1. The first-order valence-corrected chi connectivity index (χ1v) is 8.06. The summed E-state index contributed by atoms with van der Waals surface area (Å²) in [6.45, 7) is 3.17. The van der Waals surface area contributed by atoms with Crippen LogP contribution >= 0.6 is 0 Å². The Bertz CT molecular complexity index is 640. The maximum Gasteiger partial charge on any atom is 0.226 e. The average Bonchev–Trinajstić information content (AvgIpc) is 3.08. The van der Waals surface area contributed by atoms with E-state index in [1.807, 2.05) is 31.2 Å². The number of hydrogen-bond acceptors (Lipinski definition) is 6. The van der Waals surface area contributed by atoms with E-state index >= 15 is 0 Å². The van der Waals surface area contributed by atoms with Crippen LogP contribution in [0.4, 0.5) is 0 Å². The van der Waals surface area contributed by atoms with Crippen LogP contribution in [-0.4, -0.2) is 36.2 Å². The third-order valence-corrected chi connectivity index (χ3v) is 3.66. The molecule has 1 aromatic carbocycles. The number of aryl methyl sites for hydroxylation is 1. The number of carbonyl (C=O) groups excluding carboxylic acids is 1. The van der Waals surface area contributed by atoms with Gasteiger partial charge < -0.3 is 20.3 Å². The molecule has 0 radical (unpaired) electrons. The third kappa shape index (κ3) is 5.34. The first-order chi connectivity index (χ1) is 11.6. The molecule has 1 aromatic heterocycles. The van der Waals surface area contributed by atoms with Gasteiger partial charge in [0.25, 0.3) is 0 Å². The molecule has 130 valence electrons. The highest BCUT2D eigenvalue weighted by Crippen LogP contribution is 2.20. The number of carbonyl (C=O) groups is 1. The molecular formula is C17H24N4O3. The van der Waals surface area contributed by atoms with Crippen LogP contribution in [0.5, 0.6) is 5.75 Å². The van der Waals surface area contributed by atoms with Crippen LogP contribution in [0.2, 0.25) is 0 Å². The van der Waals surface area contributed by atoms with Crippen molar-refractivity contribution >= 4 is 5.91 Å². The number of aromatic nitrogens is 2. The maximum absolute atomic E-state index is 11.7. The molecule has 1 atom stereocenters. The second-order valence-electron chi connectivity index (χ2n) is 5.74. The van der Waals surface area contributed by atoms with E-state index in [0.29, 0.717) is 44.1 Å². The van der Waals surface area contributed by atoms with Crippen molar-refractivity contribution in [1.29, 1.82) is 0 Å². The largest absolute Gasteiger partial charge is 0.497 e. The number of methoxy groups -OCH3 is 1. The minimum absolute atomic E-state index is 0.0187. The van der Waals surface area contributed by atoms with Gasteiger partial charge in [0.15, 0.2) is 0 Å². The van der Waals surface area contributed by atoms with E-state index in [2.05, 4.69) is 15.5 Å². The molecule has 0 saturated carbocycles. The highest BCUT2D eigenvalue weighted by molar-refractivity contribution is 5.75. The van der Waals surface area contributed by atoms with E-state index in [1.165, 1.54) is 0 Å². The zero-order valence-electron chi connectivity index (χ0n) is 14.1. The summed E-state index contributed by atoms with van der Waals surface area (Å²) in [5.41, 5.74) is 6.38. The number of nitrogens with zero attached hydrogens (tertiary/aromatic N) is 2. The lowest BCUT2D eigenvalue weighted by Crippen LogP contribution is -2.31. The molecule has 0 spiro atoms. The quantitative estimate of drug-likeness (QED) is 0.725. The molecule has 24 heavy (non-hydrogen) atoms. The number of ether oxygens (including phenoxy) is 1. The molecule has 0 aliphatic rings.